The molecule has 20 heavy (non-hydrogen) atoms. The fraction of sp³-hybridized carbons (Fsp3) is 0.429. The van der Waals surface area contributed by atoms with Crippen LogP contribution >= 0.6 is 0 Å². The zero-order chi connectivity index (χ0) is 14.5. The molecule has 4 nitrogen and oxygen atoms in total. The molecule has 108 valence electrons. The standard InChI is InChI=1S/C14H17F2N3O/c1-3-20-9-8-19(2)14-10-6-4-5-7-11(10)17-13(18-14)12(15)16/h4-7,12H,3,8-9H2,1-2H3. The lowest BCUT2D eigenvalue weighted by Gasteiger charge is -2.20. The van der Waals surface area contributed by atoms with Gasteiger partial charge in [0.25, 0.3) is 6.43 Å². The molecule has 0 saturated carbocycles. The van der Waals surface area contributed by atoms with E-state index >= 15 is 0 Å². The molecule has 0 aliphatic heterocycles. The second-order valence-electron chi connectivity index (χ2n) is 4.34. The smallest absolute Gasteiger partial charge is 0.297 e. The molecule has 0 aliphatic carbocycles. The number of nitrogens with zero attached hydrogens (tertiary/aromatic N) is 3. The van der Waals surface area contributed by atoms with Crippen molar-refractivity contribution >= 4 is 16.7 Å². The first-order valence-electron chi connectivity index (χ1n) is 6.47. The van der Waals surface area contributed by atoms with Gasteiger partial charge in [-0.25, -0.2) is 18.7 Å². The first-order chi connectivity index (χ1) is 9.63. The van der Waals surface area contributed by atoms with E-state index in [4.69, 9.17) is 4.74 Å². The van der Waals surface area contributed by atoms with E-state index in [-0.39, 0.29) is 0 Å². The summed E-state index contributed by atoms with van der Waals surface area (Å²) in [6, 6.07) is 7.15. The van der Waals surface area contributed by atoms with E-state index in [9.17, 15) is 8.78 Å². The van der Waals surface area contributed by atoms with E-state index in [0.29, 0.717) is 31.1 Å². The van der Waals surface area contributed by atoms with E-state index < -0.39 is 12.2 Å². The van der Waals surface area contributed by atoms with E-state index in [1.807, 2.05) is 31.0 Å². The van der Waals surface area contributed by atoms with Crippen LogP contribution in [0.1, 0.15) is 19.2 Å². The normalized spacial score (nSPS) is 11.2. The number of hydrogen-bond acceptors (Lipinski definition) is 4. The SMILES string of the molecule is CCOCCN(C)c1nc(C(F)F)nc2ccccc12. The molecule has 0 aliphatic rings. The van der Waals surface area contributed by atoms with Crippen LogP contribution in [-0.2, 0) is 4.74 Å². The van der Waals surface area contributed by atoms with E-state index in [0.717, 1.165) is 5.39 Å². The Labute approximate surface area is 116 Å². The lowest BCUT2D eigenvalue weighted by Crippen LogP contribution is -2.24. The number of halogens is 2. The highest BCUT2D eigenvalue weighted by atomic mass is 19.3. The van der Waals surface area contributed by atoms with Gasteiger partial charge in [-0.2, -0.15) is 0 Å². The summed E-state index contributed by atoms with van der Waals surface area (Å²) in [5.74, 6) is 0.0626. The Morgan fingerprint density at radius 2 is 2.00 bits per heavy atom. The third kappa shape index (κ3) is 3.19. The summed E-state index contributed by atoms with van der Waals surface area (Å²) >= 11 is 0. The second-order valence-corrected chi connectivity index (χ2v) is 4.34. The second kappa shape index (κ2) is 6.56. The van der Waals surface area contributed by atoms with E-state index in [2.05, 4.69) is 9.97 Å². The lowest BCUT2D eigenvalue weighted by molar-refractivity contribution is 0.140. The van der Waals surface area contributed by atoms with Gasteiger partial charge in [0, 0.05) is 25.6 Å². The fourth-order valence-electron chi connectivity index (χ4n) is 1.92. The molecule has 6 heteroatoms. The molecule has 0 N–H and O–H groups in total. The predicted molar refractivity (Wildman–Crippen MR) is 74.3 cm³/mol. The van der Waals surface area contributed by atoms with Crippen LogP contribution in [0.25, 0.3) is 10.9 Å². The van der Waals surface area contributed by atoms with Gasteiger partial charge in [-0.15, -0.1) is 0 Å². The molecule has 0 atom stereocenters. The number of likely N-dealkylation sites (N-methyl/N-ethyl adjacent to an activating group) is 1. The predicted octanol–water partition coefficient (Wildman–Crippen LogP) is 3.04. The van der Waals surface area contributed by atoms with Gasteiger partial charge in [0.2, 0.25) is 0 Å². The zero-order valence-corrected chi connectivity index (χ0v) is 11.5. The van der Waals surface area contributed by atoms with Crippen LogP contribution in [0.2, 0.25) is 0 Å². The highest BCUT2D eigenvalue weighted by Gasteiger charge is 2.16. The molecule has 0 spiro atoms. The Morgan fingerprint density at radius 1 is 1.25 bits per heavy atom. The van der Waals surface area contributed by atoms with Crippen molar-refractivity contribution in [3.05, 3.63) is 30.1 Å². The molecule has 1 aromatic carbocycles. The molecule has 2 rings (SSSR count). The Balaban J connectivity index is 2.38. The maximum absolute atomic E-state index is 12.9. The number of benzene rings is 1. The highest BCUT2D eigenvalue weighted by molar-refractivity contribution is 5.89. The molecule has 0 amide bonds. The maximum atomic E-state index is 12.9. The summed E-state index contributed by atoms with van der Waals surface area (Å²) in [4.78, 5) is 9.69. The molecule has 2 aromatic rings. The van der Waals surface area contributed by atoms with Crippen molar-refractivity contribution in [2.75, 3.05) is 31.7 Å². The number of ether oxygens (including phenoxy) is 1. The van der Waals surface area contributed by atoms with Crippen LogP contribution in [0, 0.1) is 0 Å². The van der Waals surface area contributed by atoms with Gasteiger partial charge in [-0.3, -0.25) is 0 Å². The minimum Gasteiger partial charge on any atom is -0.380 e. The quantitative estimate of drug-likeness (QED) is 0.763. The molecular formula is C14H17F2N3O. The molecular weight excluding hydrogens is 264 g/mol. The van der Waals surface area contributed by atoms with Gasteiger partial charge in [0.15, 0.2) is 5.82 Å². The first-order valence-corrected chi connectivity index (χ1v) is 6.47. The molecule has 0 saturated heterocycles. The van der Waals surface area contributed by atoms with Crippen molar-refractivity contribution < 1.29 is 13.5 Å². The highest BCUT2D eigenvalue weighted by Crippen LogP contribution is 2.26. The fourth-order valence-corrected chi connectivity index (χ4v) is 1.92. The van der Waals surface area contributed by atoms with E-state index in [1.54, 1.807) is 12.1 Å². The zero-order valence-electron chi connectivity index (χ0n) is 11.5. The minimum atomic E-state index is -2.68. The van der Waals surface area contributed by atoms with Gasteiger partial charge in [-0.1, -0.05) is 12.1 Å². The average Bonchev–Trinajstić information content (AvgIpc) is 2.46. The summed E-state index contributed by atoms with van der Waals surface area (Å²) in [6.45, 7) is 3.64. The molecule has 0 unspecified atom stereocenters. The third-order valence-electron chi connectivity index (χ3n) is 2.93. The van der Waals surface area contributed by atoms with E-state index in [1.165, 1.54) is 0 Å². The van der Waals surface area contributed by atoms with Crippen molar-refractivity contribution in [3.8, 4) is 0 Å². The number of fused-ring (bicyclic) bond motifs is 1. The van der Waals surface area contributed by atoms with Gasteiger partial charge < -0.3 is 9.64 Å². The summed E-state index contributed by atoms with van der Waals surface area (Å²) in [5, 5.41) is 0.760. The van der Waals surface area contributed by atoms with Gasteiger partial charge >= 0.3 is 0 Å². The molecule has 1 heterocycles. The summed E-state index contributed by atoms with van der Waals surface area (Å²) in [6.07, 6.45) is -2.68. The Morgan fingerprint density at radius 3 is 2.70 bits per heavy atom. The number of alkyl halides is 2. The van der Waals surface area contributed by atoms with Crippen molar-refractivity contribution in [1.29, 1.82) is 0 Å². The van der Waals surface area contributed by atoms with Gasteiger partial charge in [0.1, 0.15) is 5.82 Å². The van der Waals surface area contributed by atoms with Crippen molar-refractivity contribution in [2.24, 2.45) is 0 Å². The van der Waals surface area contributed by atoms with Crippen LogP contribution in [-0.4, -0.2) is 36.8 Å². The van der Waals surface area contributed by atoms with Crippen LogP contribution in [0.5, 0.6) is 0 Å². The minimum absolute atomic E-state index is 0.443. The summed E-state index contributed by atoms with van der Waals surface area (Å²) < 4.78 is 31.0. The average molecular weight is 281 g/mol. The molecule has 1 aromatic heterocycles. The Kier molecular flexibility index (Phi) is 4.79. The number of anilines is 1. The largest absolute Gasteiger partial charge is 0.380 e. The summed E-state index contributed by atoms with van der Waals surface area (Å²) in [5.41, 5.74) is 0.524. The van der Waals surface area contributed by atoms with Crippen LogP contribution in [0.15, 0.2) is 24.3 Å². The van der Waals surface area contributed by atoms with Crippen molar-refractivity contribution in [3.63, 3.8) is 0 Å². The van der Waals surface area contributed by atoms with Crippen molar-refractivity contribution in [2.45, 2.75) is 13.3 Å². The van der Waals surface area contributed by atoms with Crippen molar-refractivity contribution in [1.82, 2.24) is 9.97 Å². The number of hydrogen-bond donors (Lipinski definition) is 0. The van der Waals surface area contributed by atoms with Crippen LogP contribution in [0.4, 0.5) is 14.6 Å². The Hall–Kier alpha value is -1.82. The number of para-hydroxylation sites is 1. The summed E-state index contributed by atoms with van der Waals surface area (Å²) in [7, 11) is 1.81. The third-order valence-corrected chi connectivity index (χ3v) is 2.93. The number of rotatable bonds is 6. The molecule has 0 fully saturated rings. The van der Waals surface area contributed by atoms with Crippen LogP contribution in [0.3, 0.4) is 0 Å². The lowest BCUT2D eigenvalue weighted by atomic mass is 10.2. The Bertz CT molecular complexity index is 577. The first kappa shape index (κ1) is 14.6. The van der Waals surface area contributed by atoms with Gasteiger partial charge in [0.05, 0.1) is 12.1 Å². The van der Waals surface area contributed by atoms with Gasteiger partial charge in [-0.05, 0) is 19.1 Å². The monoisotopic (exact) mass is 281 g/mol. The molecule has 0 radical (unpaired) electrons. The molecule has 0 bridgehead atoms. The maximum Gasteiger partial charge on any atom is 0.297 e. The van der Waals surface area contributed by atoms with Crippen LogP contribution < -0.4 is 4.90 Å². The number of aromatic nitrogens is 2. The topological polar surface area (TPSA) is 38.2 Å².